The summed E-state index contributed by atoms with van der Waals surface area (Å²) in [7, 11) is -4.03. The predicted octanol–water partition coefficient (Wildman–Crippen LogP) is 4.70. The van der Waals surface area contributed by atoms with Gasteiger partial charge in [-0.2, -0.15) is 24.9 Å². The lowest BCUT2D eigenvalue weighted by molar-refractivity contribution is -0.137. The van der Waals surface area contributed by atoms with E-state index in [4.69, 9.17) is 11.6 Å². The molecule has 0 saturated carbocycles. The Kier molecular flexibility index (Phi) is 9.23. The van der Waals surface area contributed by atoms with Crippen molar-refractivity contribution in [1.82, 2.24) is 5.32 Å². The highest BCUT2D eigenvalue weighted by Crippen LogP contribution is 2.37. The van der Waals surface area contributed by atoms with E-state index in [1.165, 1.54) is 12.1 Å². The maximum atomic E-state index is 13.1. The van der Waals surface area contributed by atoms with Crippen molar-refractivity contribution in [3.8, 4) is 0 Å². The number of hydrogen-bond acceptors (Lipinski definition) is 4. The Bertz CT molecular complexity index is 1030. The molecule has 0 atom stereocenters. The Morgan fingerprint density at radius 1 is 1.16 bits per heavy atom. The summed E-state index contributed by atoms with van der Waals surface area (Å²) in [5.41, 5.74) is -0.538. The third-order valence-electron chi connectivity index (χ3n) is 4.20. The highest BCUT2D eigenvalue weighted by atomic mass is 35.5. The number of rotatable bonds is 10. The summed E-state index contributed by atoms with van der Waals surface area (Å²) in [6.45, 7) is -0.401. The summed E-state index contributed by atoms with van der Waals surface area (Å²) in [6.07, 6.45) is -3.38. The van der Waals surface area contributed by atoms with Gasteiger partial charge in [0.05, 0.1) is 22.5 Å². The summed E-state index contributed by atoms with van der Waals surface area (Å²) in [4.78, 5) is 12.2. The van der Waals surface area contributed by atoms with Crippen molar-refractivity contribution in [2.75, 3.05) is 29.4 Å². The zero-order valence-electron chi connectivity index (χ0n) is 17.0. The lowest BCUT2D eigenvalue weighted by Crippen LogP contribution is -2.40. The second kappa shape index (κ2) is 11.2. The van der Waals surface area contributed by atoms with Crippen LogP contribution >= 0.6 is 23.4 Å². The fraction of sp³-hybridized carbons (Fsp3) is 0.350. The van der Waals surface area contributed by atoms with Crippen LogP contribution in [0.5, 0.6) is 0 Å². The van der Waals surface area contributed by atoms with Gasteiger partial charge in [0.1, 0.15) is 12.4 Å². The molecule has 0 aliphatic rings. The average molecular weight is 513 g/mol. The molecule has 2 rings (SSSR count). The molecule has 0 aliphatic carbocycles. The van der Waals surface area contributed by atoms with Crippen LogP contribution in [0.2, 0.25) is 5.02 Å². The van der Waals surface area contributed by atoms with Crippen molar-refractivity contribution in [2.45, 2.75) is 18.3 Å². The first-order valence-electron chi connectivity index (χ1n) is 9.31. The Hall–Kier alpha value is -1.98. The molecule has 0 fully saturated rings. The first-order chi connectivity index (χ1) is 14.9. The van der Waals surface area contributed by atoms with Crippen LogP contribution in [0.15, 0.2) is 42.5 Å². The number of nitrogens with one attached hydrogen (secondary N) is 1. The number of alkyl halides is 3. The molecule has 0 aliphatic heterocycles. The molecule has 0 spiro atoms. The molecule has 0 saturated heterocycles. The number of hydrogen-bond donors (Lipinski definition) is 1. The Morgan fingerprint density at radius 3 is 2.41 bits per heavy atom. The lowest BCUT2D eigenvalue weighted by atomic mass is 10.2. The molecule has 0 unspecified atom stereocenters. The van der Waals surface area contributed by atoms with Gasteiger partial charge in [-0.1, -0.05) is 23.7 Å². The van der Waals surface area contributed by atoms with Crippen LogP contribution in [-0.4, -0.2) is 39.4 Å². The second-order valence-electron chi connectivity index (χ2n) is 6.81. The van der Waals surface area contributed by atoms with E-state index in [9.17, 15) is 30.8 Å². The molecule has 2 aromatic carbocycles. The highest BCUT2D eigenvalue weighted by Gasteiger charge is 2.34. The molecule has 176 valence electrons. The number of halogens is 5. The molecule has 32 heavy (non-hydrogen) atoms. The summed E-state index contributed by atoms with van der Waals surface area (Å²) >= 11 is 7.16. The van der Waals surface area contributed by atoms with Gasteiger partial charge in [0.15, 0.2) is 0 Å². The van der Waals surface area contributed by atoms with Crippen molar-refractivity contribution in [3.63, 3.8) is 0 Å². The minimum atomic E-state index is -4.77. The molecule has 1 amide bonds. The topological polar surface area (TPSA) is 66.5 Å². The fourth-order valence-electron chi connectivity index (χ4n) is 2.64. The van der Waals surface area contributed by atoms with Crippen molar-refractivity contribution >= 4 is 45.0 Å². The quantitative estimate of drug-likeness (QED) is 0.370. The molecule has 0 heterocycles. The Morgan fingerprint density at radius 2 is 1.81 bits per heavy atom. The number of carbonyl (C=O) groups excluding carboxylic acids is 1. The van der Waals surface area contributed by atoms with Crippen LogP contribution in [0.25, 0.3) is 0 Å². The molecular weight excluding hydrogens is 492 g/mol. The largest absolute Gasteiger partial charge is 0.417 e. The van der Waals surface area contributed by atoms with Crippen molar-refractivity contribution in [1.29, 1.82) is 0 Å². The summed E-state index contributed by atoms with van der Waals surface area (Å²) in [6, 6.07) is 8.77. The van der Waals surface area contributed by atoms with E-state index in [0.29, 0.717) is 28.3 Å². The smallest absolute Gasteiger partial charge is 0.354 e. The molecule has 5 nitrogen and oxygen atoms in total. The molecule has 0 bridgehead atoms. The van der Waals surface area contributed by atoms with E-state index in [2.05, 4.69) is 5.32 Å². The van der Waals surface area contributed by atoms with Gasteiger partial charge in [-0.3, -0.25) is 9.10 Å². The van der Waals surface area contributed by atoms with Crippen LogP contribution < -0.4 is 9.62 Å². The van der Waals surface area contributed by atoms with Gasteiger partial charge in [0, 0.05) is 12.3 Å². The Labute approximate surface area is 193 Å². The minimum absolute atomic E-state index is 0.265. The van der Waals surface area contributed by atoms with Gasteiger partial charge < -0.3 is 5.32 Å². The first kappa shape index (κ1) is 26.3. The van der Waals surface area contributed by atoms with Gasteiger partial charge in [0.2, 0.25) is 15.9 Å². The van der Waals surface area contributed by atoms with Crippen molar-refractivity contribution < 1.29 is 30.8 Å². The molecule has 1 N–H and O–H groups in total. The zero-order chi connectivity index (χ0) is 23.9. The number of benzene rings is 2. The summed E-state index contributed by atoms with van der Waals surface area (Å²) < 4.78 is 76.9. The monoisotopic (exact) mass is 512 g/mol. The van der Waals surface area contributed by atoms with Crippen LogP contribution in [-0.2, 0) is 26.7 Å². The maximum Gasteiger partial charge on any atom is 0.417 e. The van der Waals surface area contributed by atoms with Crippen LogP contribution in [0.1, 0.15) is 17.5 Å². The minimum Gasteiger partial charge on any atom is -0.354 e. The maximum absolute atomic E-state index is 13.1. The van der Waals surface area contributed by atoms with E-state index >= 15 is 0 Å². The Balaban J connectivity index is 1.89. The molecule has 12 heteroatoms. The number of carbonyl (C=O) groups is 1. The van der Waals surface area contributed by atoms with Crippen LogP contribution in [0.4, 0.5) is 23.2 Å². The molecule has 2 aromatic rings. The number of anilines is 1. The molecule has 0 aromatic heterocycles. The van der Waals surface area contributed by atoms with Gasteiger partial charge in [-0.05, 0) is 48.1 Å². The highest BCUT2D eigenvalue weighted by molar-refractivity contribution is 7.98. The normalized spacial score (nSPS) is 11.9. The number of sulfonamides is 1. The number of thioether (sulfide) groups is 1. The molecule has 0 radical (unpaired) electrons. The van der Waals surface area contributed by atoms with Crippen LogP contribution in [0.3, 0.4) is 0 Å². The average Bonchev–Trinajstić information content (AvgIpc) is 2.69. The first-order valence-corrected chi connectivity index (χ1v) is 12.7. The van der Waals surface area contributed by atoms with Gasteiger partial charge in [-0.25, -0.2) is 12.8 Å². The zero-order valence-corrected chi connectivity index (χ0v) is 19.3. The van der Waals surface area contributed by atoms with Crippen molar-refractivity contribution in [2.24, 2.45) is 0 Å². The number of nitrogens with zero attached hydrogens (tertiary/aromatic N) is 1. The summed E-state index contributed by atoms with van der Waals surface area (Å²) in [5.74, 6) is 0.411. The van der Waals surface area contributed by atoms with E-state index in [-0.39, 0.29) is 18.0 Å². The van der Waals surface area contributed by atoms with E-state index < -0.39 is 39.2 Å². The van der Waals surface area contributed by atoms with Crippen LogP contribution in [0, 0.1) is 5.82 Å². The third kappa shape index (κ3) is 8.18. The second-order valence-corrected chi connectivity index (χ2v) is 10.2. The van der Waals surface area contributed by atoms with E-state index in [1.807, 2.05) is 0 Å². The van der Waals surface area contributed by atoms with Crippen molar-refractivity contribution in [3.05, 3.63) is 64.4 Å². The fourth-order valence-corrected chi connectivity index (χ4v) is 4.64. The van der Waals surface area contributed by atoms with E-state index in [1.54, 1.807) is 23.9 Å². The third-order valence-corrected chi connectivity index (χ3v) is 6.79. The predicted molar refractivity (Wildman–Crippen MR) is 119 cm³/mol. The van der Waals surface area contributed by atoms with Gasteiger partial charge in [0.25, 0.3) is 0 Å². The lowest BCUT2D eigenvalue weighted by Gasteiger charge is -2.23. The van der Waals surface area contributed by atoms with Gasteiger partial charge in [-0.15, -0.1) is 0 Å². The molecular formula is C20H21ClF4N2O3S2. The van der Waals surface area contributed by atoms with Gasteiger partial charge >= 0.3 is 6.18 Å². The summed E-state index contributed by atoms with van der Waals surface area (Å²) in [5, 5.41) is 1.99. The standard InChI is InChI=1S/C20H21ClF4N2O3S2/c1-32(29,30)27(16-7-8-18(21)17(11-16)20(23,24)25)12-19(28)26-9-2-10-31-13-14-3-5-15(22)6-4-14/h3-8,11H,2,9-10,12-13H2,1H3,(H,26,28). The number of amides is 1. The SMILES string of the molecule is CS(=O)(=O)N(CC(=O)NCCCSCc1ccc(F)cc1)c1ccc(Cl)c(C(F)(F)F)c1. The van der Waals surface area contributed by atoms with E-state index in [0.717, 1.165) is 24.0 Å².